The van der Waals surface area contributed by atoms with Crippen molar-refractivity contribution in [3.05, 3.63) is 47.2 Å². The number of likely N-dealkylation sites (N-methyl/N-ethyl adjacent to an activating group) is 1. The maximum atomic E-state index is 10.9. The molecule has 0 aliphatic carbocycles. The number of carboxylic acids is 1. The second kappa shape index (κ2) is 6.07. The third-order valence-corrected chi connectivity index (χ3v) is 3.43. The molecule has 0 spiro atoms. The summed E-state index contributed by atoms with van der Waals surface area (Å²) < 4.78 is 1.74. The van der Waals surface area contributed by atoms with Crippen molar-refractivity contribution in [3.8, 4) is 5.69 Å². The van der Waals surface area contributed by atoms with Crippen molar-refractivity contribution < 1.29 is 9.90 Å². The average Bonchev–Trinajstić information content (AvgIpc) is 2.87. The van der Waals surface area contributed by atoms with E-state index in [0.717, 1.165) is 11.3 Å². The van der Waals surface area contributed by atoms with Gasteiger partial charge in [-0.25, -0.2) is 4.68 Å². The number of hydrogen-bond donors (Lipinski definition) is 1. The molecule has 1 heterocycles. The number of hydrogen-bond acceptors (Lipinski definition) is 3. The molecule has 0 saturated carbocycles. The number of benzene rings is 1. The smallest absolute Gasteiger partial charge is 0.320 e. The van der Waals surface area contributed by atoms with Gasteiger partial charge in [-0.15, -0.1) is 0 Å². The normalized spacial score (nSPS) is 12.6. The first-order valence-electron chi connectivity index (χ1n) is 6.20. The fourth-order valence-electron chi connectivity index (χ4n) is 1.79. The van der Waals surface area contributed by atoms with Crippen LogP contribution in [0.15, 0.2) is 36.7 Å². The van der Waals surface area contributed by atoms with Gasteiger partial charge in [0.1, 0.15) is 6.04 Å². The zero-order valence-corrected chi connectivity index (χ0v) is 12.1. The second-order valence-corrected chi connectivity index (χ2v) is 5.14. The Kier molecular flexibility index (Phi) is 4.42. The predicted octanol–water partition coefficient (Wildman–Crippen LogP) is 2.43. The number of carboxylic acid groups (broad SMARTS) is 1. The minimum absolute atomic E-state index is 0.529. The van der Waals surface area contributed by atoms with E-state index >= 15 is 0 Å². The number of carbonyl (C=O) groups is 1. The molecule has 0 aliphatic heterocycles. The van der Waals surface area contributed by atoms with Gasteiger partial charge in [0.15, 0.2) is 0 Å². The van der Waals surface area contributed by atoms with E-state index in [4.69, 9.17) is 16.7 Å². The Morgan fingerprint density at radius 1 is 1.45 bits per heavy atom. The van der Waals surface area contributed by atoms with Crippen LogP contribution in [-0.4, -0.2) is 38.8 Å². The lowest BCUT2D eigenvalue weighted by molar-refractivity contribution is -0.142. The van der Waals surface area contributed by atoms with Gasteiger partial charge in [-0.05, 0) is 38.2 Å². The molecule has 2 rings (SSSR count). The zero-order valence-electron chi connectivity index (χ0n) is 11.3. The van der Waals surface area contributed by atoms with Crippen molar-refractivity contribution in [2.45, 2.75) is 19.5 Å². The van der Waals surface area contributed by atoms with Crippen LogP contribution < -0.4 is 0 Å². The molecule has 106 valence electrons. The number of rotatable bonds is 5. The Morgan fingerprint density at radius 2 is 2.10 bits per heavy atom. The van der Waals surface area contributed by atoms with Crippen molar-refractivity contribution in [3.63, 3.8) is 0 Å². The van der Waals surface area contributed by atoms with E-state index in [1.54, 1.807) is 41.9 Å². The Labute approximate surface area is 122 Å². The highest BCUT2D eigenvalue weighted by Crippen LogP contribution is 2.14. The molecule has 1 atom stereocenters. The SMILES string of the molecule is CC(C(=O)O)N(C)Cc1cnn(-c2ccc(Cl)cc2)c1. The highest BCUT2D eigenvalue weighted by atomic mass is 35.5. The van der Waals surface area contributed by atoms with Gasteiger partial charge < -0.3 is 5.11 Å². The summed E-state index contributed by atoms with van der Waals surface area (Å²) >= 11 is 5.85. The topological polar surface area (TPSA) is 58.4 Å². The lowest BCUT2D eigenvalue weighted by atomic mass is 10.2. The molecule has 0 fully saturated rings. The fraction of sp³-hybridized carbons (Fsp3) is 0.286. The summed E-state index contributed by atoms with van der Waals surface area (Å²) in [6.45, 7) is 2.19. The van der Waals surface area contributed by atoms with E-state index in [-0.39, 0.29) is 0 Å². The van der Waals surface area contributed by atoms with Gasteiger partial charge in [-0.2, -0.15) is 5.10 Å². The molecule has 0 aliphatic rings. The molecule has 20 heavy (non-hydrogen) atoms. The first kappa shape index (κ1) is 14.6. The zero-order chi connectivity index (χ0) is 14.7. The van der Waals surface area contributed by atoms with Gasteiger partial charge in [-0.1, -0.05) is 11.6 Å². The summed E-state index contributed by atoms with van der Waals surface area (Å²) in [6, 6.07) is 6.83. The van der Waals surface area contributed by atoms with Crippen LogP contribution in [0, 0.1) is 0 Å². The molecule has 0 radical (unpaired) electrons. The number of nitrogens with zero attached hydrogens (tertiary/aromatic N) is 3. The van der Waals surface area contributed by atoms with Gasteiger partial charge in [0, 0.05) is 23.3 Å². The lowest BCUT2D eigenvalue weighted by Crippen LogP contribution is -2.35. The molecule has 0 amide bonds. The molecule has 6 heteroatoms. The quantitative estimate of drug-likeness (QED) is 0.920. The summed E-state index contributed by atoms with van der Waals surface area (Å²) in [4.78, 5) is 12.7. The first-order valence-corrected chi connectivity index (χ1v) is 6.57. The van der Waals surface area contributed by atoms with Crippen LogP contribution >= 0.6 is 11.6 Å². The van der Waals surface area contributed by atoms with Crippen molar-refractivity contribution in [1.29, 1.82) is 0 Å². The van der Waals surface area contributed by atoms with Gasteiger partial charge in [0.2, 0.25) is 0 Å². The Hall–Kier alpha value is -1.85. The molecule has 0 saturated heterocycles. The molecule has 1 aromatic heterocycles. The molecule has 1 unspecified atom stereocenters. The Balaban J connectivity index is 2.09. The Morgan fingerprint density at radius 3 is 2.70 bits per heavy atom. The maximum absolute atomic E-state index is 10.9. The Bertz CT molecular complexity index is 595. The van der Waals surface area contributed by atoms with Gasteiger partial charge in [0.25, 0.3) is 0 Å². The highest BCUT2D eigenvalue weighted by Gasteiger charge is 2.17. The third-order valence-electron chi connectivity index (χ3n) is 3.18. The standard InChI is InChI=1S/C14H16ClN3O2/c1-10(14(19)20)17(2)8-11-7-16-18(9-11)13-5-3-12(15)4-6-13/h3-7,9-10H,8H2,1-2H3,(H,19,20). The van der Waals surface area contributed by atoms with E-state index in [9.17, 15) is 4.79 Å². The number of aromatic nitrogens is 2. The van der Waals surface area contributed by atoms with Gasteiger partial charge in [-0.3, -0.25) is 9.69 Å². The van der Waals surface area contributed by atoms with Crippen molar-refractivity contribution in [2.75, 3.05) is 7.05 Å². The third kappa shape index (κ3) is 3.37. The minimum atomic E-state index is -0.836. The fourth-order valence-corrected chi connectivity index (χ4v) is 1.92. The monoisotopic (exact) mass is 293 g/mol. The van der Waals surface area contributed by atoms with Crippen LogP contribution in [0.1, 0.15) is 12.5 Å². The van der Waals surface area contributed by atoms with Crippen LogP contribution in [0.4, 0.5) is 0 Å². The van der Waals surface area contributed by atoms with Crippen molar-refractivity contribution in [1.82, 2.24) is 14.7 Å². The molecule has 5 nitrogen and oxygen atoms in total. The van der Waals surface area contributed by atoms with Crippen molar-refractivity contribution in [2.24, 2.45) is 0 Å². The van der Waals surface area contributed by atoms with E-state index in [1.807, 2.05) is 18.3 Å². The van der Waals surface area contributed by atoms with Gasteiger partial charge >= 0.3 is 5.97 Å². The summed E-state index contributed by atoms with van der Waals surface area (Å²) in [5, 5.41) is 13.9. The molecular formula is C14H16ClN3O2. The van der Waals surface area contributed by atoms with Gasteiger partial charge in [0.05, 0.1) is 11.9 Å². The van der Waals surface area contributed by atoms with Crippen LogP contribution in [0.25, 0.3) is 5.69 Å². The van der Waals surface area contributed by atoms with Crippen LogP contribution in [-0.2, 0) is 11.3 Å². The van der Waals surface area contributed by atoms with E-state index in [1.165, 1.54) is 0 Å². The summed E-state index contributed by atoms with van der Waals surface area (Å²) in [7, 11) is 1.78. The molecule has 1 aromatic carbocycles. The van der Waals surface area contributed by atoms with E-state index in [0.29, 0.717) is 11.6 Å². The molecular weight excluding hydrogens is 278 g/mol. The largest absolute Gasteiger partial charge is 0.480 e. The summed E-state index contributed by atoms with van der Waals surface area (Å²) in [5.41, 5.74) is 1.87. The average molecular weight is 294 g/mol. The van der Waals surface area contributed by atoms with Crippen molar-refractivity contribution >= 4 is 17.6 Å². The molecule has 2 aromatic rings. The molecule has 0 bridgehead atoms. The predicted molar refractivity (Wildman–Crippen MR) is 77.1 cm³/mol. The number of aliphatic carboxylic acids is 1. The summed E-state index contributed by atoms with van der Waals surface area (Å²) in [5.74, 6) is -0.836. The maximum Gasteiger partial charge on any atom is 0.320 e. The lowest BCUT2D eigenvalue weighted by Gasteiger charge is -2.19. The highest BCUT2D eigenvalue weighted by molar-refractivity contribution is 6.30. The number of halogens is 1. The summed E-state index contributed by atoms with van der Waals surface area (Å²) in [6.07, 6.45) is 3.62. The van der Waals surface area contributed by atoms with Crippen LogP contribution in [0.3, 0.4) is 0 Å². The van der Waals surface area contributed by atoms with Crippen LogP contribution in [0.2, 0.25) is 5.02 Å². The van der Waals surface area contributed by atoms with E-state index < -0.39 is 12.0 Å². The minimum Gasteiger partial charge on any atom is -0.480 e. The second-order valence-electron chi connectivity index (χ2n) is 4.70. The molecule has 1 N–H and O–H groups in total. The van der Waals surface area contributed by atoms with E-state index in [2.05, 4.69) is 5.10 Å². The first-order chi connectivity index (χ1) is 9.47. The van der Waals surface area contributed by atoms with Crippen LogP contribution in [0.5, 0.6) is 0 Å².